The van der Waals surface area contributed by atoms with Gasteiger partial charge in [0.25, 0.3) is 0 Å². The van der Waals surface area contributed by atoms with Gasteiger partial charge < -0.3 is 18.9 Å². The highest BCUT2D eigenvalue weighted by Gasteiger charge is 2.13. The molecule has 5 nitrogen and oxygen atoms in total. The maximum Gasteiger partial charge on any atom is 0.176 e. The second kappa shape index (κ2) is 10.3. The second-order valence-corrected chi connectivity index (χ2v) is 6.35. The lowest BCUT2D eigenvalue weighted by atomic mass is 10.0. The third-order valence-corrected chi connectivity index (χ3v) is 4.35. The van der Waals surface area contributed by atoms with Crippen LogP contribution in [0.15, 0.2) is 34.8 Å². The van der Waals surface area contributed by atoms with Crippen molar-refractivity contribution in [2.75, 3.05) is 27.4 Å². The highest BCUT2D eigenvalue weighted by atomic mass is 79.9. The van der Waals surface area contributed by atoms with Crippen LogP contribution in [0.2, 0.25) is 0 Å². The lowest BCUT2D eigenvalue weighted by Gasteiger charge is -2.13. The molecule has 2 aromatic carbocycles. The molecule has 0 unspecified atom stereocenters. The summed E-state index contributed by atoms with van der Waals surface area (Å²) in [7, 11) is 3.12. The number of methoxy groups -OCH3 is 2. The molecule has 0 radical (unpaired) electrons. The van der Waals surface area contributed by atoms with Gasteiger partial charge in [-0.1, -0.05) is 5.92 Å². The van der Waals surface area contributed by atoms with Gasteiger partial charge in [0.1, 0.15) is 6.61 Å². The molecule has 2 rings (SSSR count). The minimum Gasteiger partial charge on any atom is -0.493 e. The molecule has 0 aliphatic rings. The second-order valence-electron chi connectivity index (χ2n) is 5.50. The van der Waals surface area contributed by atoms with E-state index in [1.165, 1.54) is 0 Å². The zero-order valence-corrected chi connectivity index (χ0v) is 17.5. The Bertz CT molecular complexity index is 954. The first kappa shape index (κ1) is 21.2. The molecule has 28 heavy (non-hydrogen) atoms. The summed E-state index contributed by atoms with van der Waals surface area (Å²) in [4.78, 5) is 0. The van der Waals surface area contributed by atoms with Crippen LogP contribution in [0.25, 0.3) is 11.6 Å². The molecule has 0 saturated carbocycles. The fourth-order valence-electron chi connectivity index (χ4n) is 2.54. The number of nitrogens with zero attached hydrogens (tertiary/aromatic N) is 1. The van der Waals surface area contributed by atoms with Gasteiger partial charge in [-0.3, -0.25) is 0 Å². The quantitative estimate of drug-likeness (QED) is 0.329. The van der Waals surface area contributed by atoms with Crippen molar-refractivity contribution in [1.82, 2.24) is 0 Å². The van der Waals surface area contributed by atoms with Gasteiger partial charge in [0.05, 0.1) is 36.9 Å². The molecular weight excluding hydrogens is 422 g/mol. The summed E-state index contributed by atoms with van der Waals surface area (Å²) in [5, 5.41) is 9.66. The largest absolute Gasteiger partial charge is 0.493 e. The van der Waals surface area contributed by atoms with E-state index in [2.05, 4.69) is 27.9 Å². The number of allylic oxidation sites excluding steroid dienone is 1. The van der Waals surface area contributed by atoms with Gasteiger partial charge in [-0.25, -0.2) is 0 Å². The smallest absolute Gasteiger partial charge is 0.176 e. The van der Waals surface area contributed by atoms with Gasteiger partial charge in [0.15, 0.2) is 23.0 Å². The van der Waals surface area contributed by atoms with Gasteiger partial charge in [0, 0.05) is 0 Å². The van der Waals surface area contributed by atoms with E-state index in [-0.39, 0.29) is 6.61 Å². The summed E-state index contributed by atoms with van der Waals surface area (Å²) >= 11 is 3.49. The van der Waals surface area contributed by atoms with E-state index in [9.17, 15) is 5.26 Å². The van der Waals surface area contributed by atoms with Crippen LogP contribution in [0, 0.1) is 23.7 Å². The number of halogens is 1. The highest BCUT2D eigenvalue weighted by Crippen LogP contribution is 2.38. The molecule has 0 aliphatic carbocycles. The molecular formula is C22H20BrNO4. The van der Waals surface area contributed by atoms with Crippen LogP contribution in [0.1, 0.15) is 18.1 Å². The third-order valence-electron chi connectivity index (χ3n) is 3.76. The van der Waals surface area contributed by atoms with E-state index >= 15 is 0 Å². The minimum absolute atomic E-state index is 0.128. The van der Waals surface area contributed by atoms with Gasteiger partial charge in [-0.2, -0.15) is 5.26 Å². The number of hydrogen-bond acceptors (Lipinski definition) is 5. The van der Waals surface area contributed by atoms with Gasteiger partial charge in [-0.05, 0) is 70.4 Å². The molecule has 0 heterocycles. The summed E-state index contributed by atoms with van der Waals surface area (Å²) in [6.45, 7) is 2.47. The molecule has 0 N–H and O–H groups in total. The Hall–Kier alpha value is -3.09. The van der Waals surface area contributed by atoms with Crippen LogP contribution in [0.3, 0.4) is 0 Å². The monoisotopic (exact) mass is 441 g/mol. The van der Waals surface area contributed by atoms with Crippen molar-refractivity contribution >= 4 is 27.6 Å². The Labute approximate surface area is 173 Å². The van der Waals surface area contributed by atoms with E-state index in [1.54, 1.807) is 44.6 Å². The minimum atomic E-state index is 0.128. The molecule has 0 spiro atoms. The first-order valence-corrected chi connectivity index (χ1v) is 9.24. The third kappa shape index (κ3) is 5.00. The maximum absolute atomic E-state index is 9.66. The average Bonchev–Trinajstić information content (AvgIpc) is 2.71. The first-order valence-electron chi connectivity index (χ1n) is 8.44. The summed E-state index contributed by atoms with van der Waals surface area (Å²) in [5.41, 5.74) is 1.95. The summed E-state index contributed by atoms with van der Waals surface area (Å²) in [6, 6.07) is 11.2. The predicted molar refractivity (Wildman–Crippen MR) is 113 cm³/mol. The normalized spacial score (nSPS) is 10.6. The summed E-state index contributed by atoms with van der Waals surface area (Å²) in [6.07, 6.45) is 7.04. The van der Waals surface area contributed by atoms with E-state index in [0.717, 1.165) is 5.56 Å². The molecule has 0 saturated heterocycles. The van der Waals surface area contributed by atoms with Crippen LogP contribution in [-0.4, -0.2) is 27.4 Å². The SMILES string of the molecule is C#CCOc1c(Br)cc(/C=C(\C#N)c2ccc(OC)c(OC)c2)cc1OCC. The molecule has 0 amide bonds. The van der Waals surface area contributed by atoms with Crippen molar-refractivity contribution in [3.63, 3.8) is 0 Å². The Morgan fingerprint density at radius 2 is 1.86 bits per heavy atom. The van der Waals surface area contributed by atoms with E-state index < -0.39 is 0 Å². The van der Waals surface area contributed by atoms with Gasteiger partial charge in [-0.15, -0.1) is 6.42 Å². The summed E-state index contributed by atoms with van der Waals surface area (Å²) in [5.74, 6) is 4.66. The number of nitriles is 1. The van der Waals surface area contributed by atoms with Crippen LogP contribution in [0.4, 0.5) is 0 Å². The number of terminal acetylenes is 1. The Morgan fingerprint density at radius 3 is 2.46 bits per heavy atom. The van der Waals surface area contributed by atoms with Crippen molar-refractivity contribution < 1.29 is 18.9 Å². The highest BCUT2D eigenvalue weighted by molar-refractivity contribution is 9.10. The summed E-state index contributed by atoms with van der Waals surface area (Å²) < 4.78 is 22.5. The van der Waals surface area contributed by atoms with Crippen LogP contribution < -0.4 is 18.9 Å². The van der Waals surface area contributed by atoms with Gasteiger partial charge >= 0.3 is 0 Å². The van der Waals surface area contributed by atoms with Crippen LogP contribution in [0.5, 0.6) is 23.0 Å². The molecule has 0 atom stereocenters. The molecule has 0 bridgehead atoms. The fraction of sp³-hybridized carbons (Fsp3) is 0.227. The number of ether oxygens (including phenoxy) is 4. The molecule has 0 aromatic heterocycles. The van der Waals surface area contributed by atoms with Crippen LogP contribution in [-0.2, 0) is 0 Å². The Morgan fingerprint density at radius 1 is 1.11 bits per heavy atom. The first-order chi connectivity index (χ1) is 13.6. The van der Waals surface area contributed by atoms with Crippen molar-refractivity contribution in [3.05, 3.63) is 45.9 Å². The number of benzene rings is 2. The van der Waals surface area contributed by atoms with Crippen molar-refractivity contribution in [2.24, 2.45) is 0 Å². The predicted octanol–water partition coefficient (Wildman–Crippen LogP) is 4.94. The topological polar surface area (TPSA) is 60.7 Å². The lowest BCUT2D eigenvalue weighted by molar-refractivity contribution is 0.298. The molecule has 2 aromatic rings. The zero-order chi connectivity index (χ0) is 20.5. The maximum atomic E-state index is 9.66. The number of hydrogen-bond donors (Lipinski definition) is 0. The van der Waals surface area contributed by atoms with E-state index in [0.29, 0.717) is 45.2 Å². The lowest BCUT2D eigenvalue weighted by Crippen LogP contribution is -2.00. The van der Waals surface area contributed by atoms with Crippen molar-refractivity contribution in [1.29, 1.82) is 5.26 Å². The van der Waals surface area contributed by atoms with Crippen molar-refractivity contribution in [2.45, 2.75) is 6.92 Å². The molecule has 0 aliphatic heterocycles. The van der Waals surface area contributed by atoms with E-state index in [4.69, 9.17) is 25.4 Å². The fourth-order valence-corrected chi connectivity index (χ4v) is 3.11. The van der Waals surface area contributed by atoms with Crippen molar-refractivity contribution in [3.8, 4) is 41.4 Å². The van der Waals surface area contributed by atoms with Gasteiger partial charge in [0.2, 0.25) is 0 Å². The van der Waals surface area contributed by atoms with E-state index in [1.807, 2.05) is 13.0 Å². The molecule has 6 heteroatoms. The zero-order valence-electron chi connectivity index (χ0n) is 15.9. The Balaban J connectivity index is 2.49. The Kier molecular flexibility index (Phi) is 7.80. The number of rotatable bonds is 8. The molecule has 0 fully saturated rings. The van der Waals surface area contributed by atoms with Crippen LogP contribution >= 0.6 is 15.9 Å². The standard InChI is InChI=1S/C22H20BrNO4/c1-5-9-28-22-18(23)11-15(12-21(22)27-6-2)10-17(14-24)16-7-8-19(25-3)20(13-16)26-4/h1,7-8,10-13H,6,9H2,2-4H3/b17-10+. The average molecular weight is 442 g/mol. The molecule has 144 valence electrons.